The van der Waals surface area contributed by atoms with Gasteiger partial charge in [0.05, 0.1) is 30.7 Å². The molecule has 1 aliphatic rings. The zero-order valence-corrected chi connectivity index (χ0v) is 14.7. The van der Waals surface area contributed by atoms with Crippen LogP contribution in [0.25, 0.3) is 11.0 Å². The highest BCUT2D eigenvalue weighted by atomic mass is 16.6. The third kappa shape index (κ3) is 3.55. The summed E-state index contributed by atoms with van der Waals surface area (Å²) in [7, 11) is 1.56. The van der Waals surface area contributed by atoms with E-state index in [1.54, 1.807) is 30.1 Å². The molecule has 1 N–H and O–H groups in total. The fourth-order valence-corrected chi connectivity index (χ4v) is 2.87. The van der Waals surface area contributed by atoms with Crippen molar-refractivity contribution in [1.82, 2.24) is 15.0 Å². The number of methoxy groups -OCH3 is 1. The number of aromatic nitrogens is 2. The number of ether oxygens (including phenoxy) is 3. The van der Waals surface area contributed by atoms with Crippen LogP contribution in [0.15, 0.2) is 47.8 Å². The lowest BCUT2D eigenvalue weighted by Gasteiger charge is -2.20. The number of nitrogens with zero attached hydrogens (tertiary/aromatic N) is 3. The number of hydrogen-bond acceptors (Lipinski definition) is 6. The Balaban J connectivity index is 1.43. The largest absolute Gasteiger partial charge is 0.493 e. The van der Waals surface area contributed by atoms with Crippen molar-refractivity contribution >= 4 is 23.2 Å². The first kappa shape index (κ1) is 16.9. The van der Waals surface area contributed by atoms with Crippen LogP contribution in [0.1, 0.15) is 5.56 Å². The van der Waals surface area contributed by atoms with E-state index in [0.717, 1.165) is 16.6 Å². The third-order valence-electron chi connectivity index (χ3n) is 4.09. The molecule has 0 radical (unpaired) electrons. The predicted molar refractivity (Wildman–Crippen MR) is 99.5 cm³/mol. The Morgan fingerprint density at radius 3 is 3.07 bits per heavy atom. The fraction of sp³-hybridized carbons (Fsp3) is 0.211. The standard InChI is InChI=1S/C19H18N4O4/c1-25-16-8-13(9-17-19(16)27-7-6-26-17)10-21-22-18(24)11-23-12-20-14-4-2-3-5-15(14)23/h2-5,8-10,12H,6-7,11H2,1H3,(H,22,24)/b21-10-. The number of hydrazone groups is 1. The maximum atomic E-state index is 12.2. The molecule has 138 valence electrons. The Bertz CT molecular complexity index is 995. The number of carbonyl (C=O) groups is 1. The summed E-state index contributed by atoms with van der Waals surface area (Å²) >= 11 is 0. The van der Waals surface area contributed by atoms with Crippen LogP contribution in [0.3, 0.4) is 0 Å². The van der Waals surface area contributed by atoms with Gasteiger partial charge in [0.2, 0.25) is 5.75 Å². The first-order valence-corrected chi connectivity index (χ1v) is 8.44. The lowest BCUT2D eigenvalue weighted by molar-refractivity contribution is -0.121. The number of hydrogen-bond donors (Lipinski definition) is 1. The molecular formula is C19H18N4O4. The van der Waals surface area contributed by atoms with Crippen molar-refractivity contribution in [3.8, 4) is 17.2 Å². The summed E-state index contributed by atoms with van der Waals surface area (Å²) < 4.78 is 18.2. The number of nitrogens with one attached hydrogen (secondary N) is 1. The van der Waals surface area contributed by atoms with E-state index in [4.69, 9.17) is 14.2 Å². The van der Waals surface area contributed by atoms with Crippen LogP contribution < -0.4 is 19.6 Å². The summed E-state index contributed by atoms with van der Waals surface area (Å²) in [6.07, 6.45) is 3.17. The molecule has 4 rings (SSSR count). The van der Waals surface area contributed by atoms with Crippen LogP contribution >= 0.6 is 0 Å². The highest BCUT2D eigenvalue weighted by Crippen LogP contribution is 2.39. The fourth-order valence-electron chi connectivity index (χ4n) is 2.87. The van der Waals surface area contributed by atoms with E-state index < -0.39 is 0 Å². The van der Waals surface area contributed by atoms with Crippen molar-refractivity contribution in [2.75, 3.05) is 20.3 Å². The molecule has 8 heteroatoms. The smallest absolute Gasteiger partial charge is 0.260 e. The molecule has 8 nitrogen and oxygen atoms in total. The normalized spacial score (nSPS) is 13.1. The third-order valence-corrected chi connectivity index (χ3v) is 4.09. The molecule has 2 heterocycles. The van der Waals surface area contributed by atoms with E-state index in [1.165, 1.54) is 6.21 Å². The minimum Gasteiger partial charge on any atom is -0.493 e. The van der Waals surface area contributed by atoms with Crippen molar-refractivity contribution in [2.24, 2.45) is 5.10 Å². The minimum atomic E-state index is -0.251. The topological polar surface area (TPSA) is 87.0 Å². The molecule has 0 aliphatic carbocycles. The highest BCUT2D eigenvalue weighted by molar-refractivity contribution is 5.85. The predicted octanol–water partition coefficient (Wildman–Crippen LogP) is 1.97. The molecule has 0 unspecified atom stereocenters. The second-order valence-corrected chi connectivity index (χ2v) is 5.90. The Morgan fingerprint density at radius 2 is 2.19 bits per heavy atom. The average molecular weight is 366 g/mol. The Labute approximate surface area is 155 Å². The first-order valence-electron chi connectivity index (χ1n) is 8.44. The Hall–Kier alpha value is -3.55. The molecule has 0 saturated carbocycles. The van der Waals surface area contributed by atoms with E-state index in [2.05, 4.69) is 15.5 Å². The van der Waals surface area contributed by atoms with E-state index in [0.29, 0.717) is 30.5 Å². The maximum absolute atomic E-state index is 12.2. The molecule has 3 aromatic rings. The van der Waals surface area contributed by atoms with Gasteiger partial charge in [0.1, 0.15) is 19.8 Å². The minimum absolute atomic E-state index is 0.127. The number of para-hydroxylation sites is 2. The Kier molecular flexibility index (Phi) is 4.61. The summed E-state index contributed by atoms with van der Waals surface area (Å²) in [5.41, 5.74) is 4.99. The number of fused-ring (bicyclic) bond motifs is 2. The van der Waals surface area contributed by atoms with Crippen LogP contribution in [0, 0.1) is 0 Å². The molecule has 1 aromatic heterocycles. The summed E-state index contributed by atoms with van der Waals surface area (Å²) in [6.45, 7) is 1.09. The van der Waals surface area contributed by atoms with Crippen molar-refractivity contribution < 1.29 is 19.0 Å². The summed E-state index contributed by atoms with van der Waals surface area (Å²) in [5, 5.41) is 4.02. The lowest BCUT2D eigenvalue weighted by atomic mass is 10.2. The van der Waals surface area contributed by atoms with Gasteiger partial charge in [0, 0.05) is 5.56 Å². The van der Waals surface area contributed by atoms with Crippen molar-refractivity contribution in [3.05, 3.63) is 48.3 Å². The molecule has 0 saturated heterocycles. The van der Waals surface area contributed by atoms with Gasteiger partial charge >= 0.3 is 0 Å². The van der Waals surface area contributed by atoms with Crippen LogP contribution in [-0.2, 0) is 11.3 Å². The van der Waals surface area contributed by atoms with Crippen molar-refractivity contribution in [3.63, 3.8) is 0 Å². The zero-order valence-electron chi connectivity index (χ0n) is 14.7. The van der Waals surface area contributed by atoms with Gasteiger partial charge in [-0.05, 0) is 24.3 Å². The van der Waals surface area contributed by atoms with Gasteiger partial charge < -0.3 is 18.8 Å². The summed E-state index contributed by atoms with van der Waals surface area (Å²) in [4.78, 5) is 16.4. The molecular weight excluding hydrogens is 348 g/mol. The molecule has 0 spiro atoms. The van der Waals surface area contributed by atoms with Crippen molar-refractivity contribution in [2.45, 2.75) is 6.54 Å². The van der Waals surface area contributed by atoms with Gasteiger partial charge in [-0.2, -0.15) is 5.10 Å². The number of benzene rings is 2. The molecule has 0 atom stereocenters. The van der Waals surface area contributed by atoms with Gasteiger partial charge in [-0.3, -0.25) is 4.79 Å². The van der Waals surface area contributed by atoms with Crippen LogP contribution in [-0.4, -0.2) is 42.0 Å². The molecule has 1 aliphatic heterocycles. The van der Waals surface area contributed by atoms with Gasteiger partial charge in [-0.15, -0.1) is 0 Å². The van der Waals surface area contributed by atoms with E-state index in [-0.39, 0.29) is 12.5 Å². The van der Waals surface area contributed by atoms with E-state index in [9.17, 15) is 4.79 Å². The molecule has 1 amide bonds. The monoisotopic (exact) mass is 366 g/mol. The first-order chi connectivity index (χ1) is 13.2. The second kappa shape index (κ2) is 7.36. The lowest BCUT2D eigenvalue weighted by Crippen LogP contribution is -2.22. The van der Waals surface area contributed by atoms with Gasteiger partial charge in [-0.1, -0.05) is 12.1 Å². The van der Waals surface area contributed by atoms with Crippen LogP contribution in [0.4, 0.5) is 0 Å². The second-order valence-electron chi connectivity index (χ2n) is 5.90. The van der Waals surface area contributed by atoms with Crippen molar-refractivity contribution in [1.29, 1.82) is 0 Å². The SMILES string of the molecule is COc1cc(/C=N\NC(=O)Cn2cnc3ccccc32)cc2c1OCCO2. The molecule has 2 aromatic carbocycles. The molecule has 27 heavy (non-hydrogen) atoms. The number of rotatable bonds is 5. The molecule has 0 bridgehead atoms. The zero-order chi connectivity index (χ0) is 18.6. The number of amides is 1. The van der Waals surface area contributed by atoms with Crippen LogP contribution in [0.5, 0.6) is 17.2 Å². The van der Waals surface area contributed by atoms with Gasteiger partial charge in [0.15, 0.2) is 11.5 Å². The van der Waals surface area contributed by atoms with E-state index in [1.807, 2.05) is 24.3 Å². The number of carbonyl (C=O) groups excluding carboxylic acids is 1. The summed E-state index contributed by atoms with van der Waals surface area (Å²) in [6, 6.07) is 11.2. The average Bonchev–Trinajstić information content (AvgIpc) is 3.10. The summed E-state index contributed by atoms with van der Waals surface area (Å²) in [5.74, 6) is 1.49. The van der Waals surface area contributed by atoms with Gasteiger partial charge in [-0.25, -0.2) is 10.4 Å². The Morgan fingerprint density at radius 1 is 1.33 bits per heavy atom. The maximum Gasteiger partial charge on any atom is 0.260 e. The highest BCUT2D eigenvalue weighted by Gasteiger charge is 2.18. The molecule has 0 fully saturated rings. The quantitative estimate of drug-likeness (QED) is 0.551. The van der Waals surface area contributed by atoms with Crippen LogP contribution in [0.2, 0.25) is 0 Å². The van der Waals surface area contributed by atoms with E-state index >= 15 is 0 Å². The number of imidazole rings is 1. The van der Waals surface area contributed by atoms with Gasteiger partial charge in [0.25, 0.3) is 5.91 Å².